The molecule has 0 bridgehead atoms. The van der Waals surface area contributed by atoms with Crippen LogP contribution in [0.3, 0.4) is 0 Å². The Hall–Kier alpha value is -4.85. The van der Waals surface area contributed by atoms with Crippen LogP contribution in [0.25, 0.3) is 0 Å². The lowest BCUT2D eigenvalue weighted by Crippen LogP contribution is -2.33. The molecule has 0 aliphatic heterocycles. The van der Waals surface area contributed by atoms with E-state index in [0.717, 1.165) is 37.1 Å². The number of nitrogens with zero attached hydrogens (tertiary/aromatic N) is 6. The highest BCUT2D eigenvalue weighted by Crippen LogP contribution is 2.46. The summed E-state index contributed by atoms with van der Waals surface area (Å²) in [5.74, 6) is 7.70. The quantitative estimate of drug-likeness (QED) is 0.0874. The van der Waals surface area contributed by atoms with Gasteiger partial charge in [0, 0.05) is 23.5 Å². The first-order valence-electron chi connectivity index (χ1n) is 14.9. The Bertz CT molecular complexity index is 2080. The molecule has 2 saturated carbocycles. The molecule has 2 aliphatic carbocycles. The Morgan fingerprint density at radius 1 is 0.647 bits per heavy atom. The van der Waals surface area contributed by atoms with Gasteiger partial charge in [0.2, 0.25) is 10.6 Å². The molecule has 0 atom stereocenters. The van der Waals surface area contributed by atoms with E-state index in [-0.39, 0.29) is 21.7 Å². The third-order valence-electron chi connectivity index (χ3n) is 8.27. The lowest BCUT2D eigenvalue weighted by molar-refractivity contribution is -0.138. The standard InChI is InChI=1S/C18H11ClF3N3.C14H10F3N.C4H2Cl2N2/c19-16-24-9-6-14(25-16)4-2-12-10-13(18(20,21)22)3-5-15(12)17(11-23)7-1-8-17;1-2-10-8-11(14(15,16)17)4-5-12(10)13(9-18)6-3-7-13;5-3-1-2-7-4(6)8-3/h3,5-6,9-10H,1,7-8H2;1,4-5,8H,3,6-7H2;1-2H. The van der Waals surface area contributed by atoms with Crippen molar-refractivity contribution in [3.8, 4) is 36.3 Å². The Morgan fingerprint density at radius 2 is 1.12 bits per heavy atom. The molecular formula is C36H23Cl3F6N6. The normalized spacial score (nSPS) is 15.2. The summed E-state index contributed by atoms with van der Waals surface area (Å²) >= 11 is 16.4. The second kappa shape index (κ2) is 16.0. The van der Waals surface area contributed by atoms with Crippen molar-refractivity contribution in [3.05, 3.63) is 116 Å². The molecule has 2 aliphatic rings. The molecule has 6 nitrogen and oxygen atoms in total. The van der Waals surface area contributed by atoms with Gasteiger partial charge in [0.05, 0.1) is 34.1 Å². The van der Waals surface area contributed by atoms with Crippen molar-refractivity contribution >= 4 is 34.8 Å². The first kappa shape index (κ1) is 38.9. The van der Waals surface area contributed by atoms with Gasteiger partial charge in [-0.2, -0.15) is 36.9 Å². The number of halogens is 9. The molecule has 4 aromatic rings. The van der Waals surface area contributed by atoms with Crippen LogP contribution in [0.2, 0.25) is 15.7 Å². The summed E-state index contributed by atoms with van der Waals surface area (Å²) in [6.07, 6.45) is 3.59. The maximum absolute atomic E-state index is 13.0. The maximum Gasteiger partial charge on any atom is 0.416 e. The van der Waals surface area contributed by atoms with Crippen molar-refractivity contribution in [1.29, 1.82) is 10.5 Å². The third kappa shape index (κ3) is 9.48. The van der Waals surface area contributed by atoms with Gasteiger partial charge in [0.1, 0.15) is 10.8 Å². The van der Waals surface area contributed by atoms with E-state index in [4.69, 9.17) is 41.2 Å². The number of benzene rings is 2. The van der Waals surface area contributed by atoms with Gasteiger partial charge in [-0.05, 0) is 115 Å². The van der Waals surface area contributed by atoms with Crippen LogP contribution >= 0.6 is 34.8 Å². The first-order chi connectivity index (χ1) is 24.1. The number of terminal acetylenes is 1. The zero-order valence-electron chi connectivity index (χ0n) is 26.2. The average Bonchev–Trinajstić information content (AvgIpc) is 3.03. The Kier molecular flexibility index (Phi) is 12.2. The molecule has 51 heavy (non-hydrogen) atoms. The van der Waals surface area contributed by atoms with E-state index in [1.54, 1.807) is 6.07 Å². The van der Waals surface area contributed by atoms with E-state index in [9.17, 15) is 36.9 Å². The van der Waals surface area contributed by atoms with Crippen LogP contribution in [0.1, 0.15) is 77.6 Å². The largest absolute Gasteiger partial charge is 0.416 e. The van der Waals surface area contributed by atoms with E-state index in [1.165, 1.54) is 30.6 Å². The zero-order valence-corrected chi connectivity index (χ0v) is 28.4. The van der Waals surface area contributed by atoms with Gasteiger partial charge in [0.15, 0.2) is 0 Å². The van der Waals surface area contributed by atoms with Crippen LogP contribution in [-0.2, 0) is 23.2 Å². The van der Waals surface area contributed by atoms with Gasteiger partial charge in [-0.1, -0.05) is 35.6 Å². The maximum atomic E-state index is 13.0. The molecule has 15 heteroatoms. The minimum atomic E-state index is -4.48. The van der Waals surface area contributed by atoms with Gasteiger partial charge in [-0.3, -0.25) is 0 Å². The number of hydrogen-bond acceptors (Lipinski definition) is 6. The summed E-state index contributed by atoms with van der Waals surface area (Å²) in [4.78, 5) is 14.8. The van der Waals surface area contributed by atoms with Crippen LogP contribution in [0.4, 0.5) is 26.3 Å². The molecule has 2 heterocycles. The van der Waals surface area contributed by atoms with Gasteiger partial charge in [-0.15, -0.1) is 6.42 Å². The average molecular weight is 760 g/mol. The molecule has 0 spiro atoms. The second-order valence-electron chi connectivity index (χ2n) is 11.4. The highest BCUT2D eigenvalue weighted by Gasteiger charge is 2.42. The lowest BCUT2D eigenvalue weighted by atomic mass is 9.64. The molecular weight excluding hydrogens is 737 g/mol. The number of aromatic nitrogens is 4. The summed E-state index contributed by atoms with van der Waals surface area (Å²) in [5.41, 5.74) is -1.29. The van der Waals surface area contributed by atoms with Gasteiger partial charge in [0.25, 0.3) is 0 Å². The molecule has 0 radical (unpaired) electrons. The Balaban J connectivity index is 0.000000194. The van der Waals surface area contributed by atoms with E-state index >= 15 is 0 Å². The van der Waals surface area contributed by atoms with Crippen LogP contribution in [0, 0.1) is 46.8 Å². The molecule has 260 valence electrons. The molecule has 2 aromatic carbocycles. The summed E-state index contributed by atoms with van der Waals surface area (Å²) in [6.45, 7) is 0. The summed E-state index contributed by atoms with van der Waals surface area (Å²) < 4.78 is 76.8. The topological polar surface area (TPSA) is 99.1 Å². The lowest BCUT2D eigenvalue weighted by Gasteiger charge is -2.36. The highest BCUT2D eigenvalue weighted by molar-refractivity contribution is 6.31. The minimum Gasteiger partial charge on any atom is -0.226 e. The van der Waals surface area contributed by atoms with Crippen LogP contribution in [0.15, 0.2) is 60.9 Å². The van der Waals surface area contributed by atoms with Crippen LogP contribution in [-0.4, -0.2) is 19.9 Å². The third-order valence-corrected chi connectivity index (χ3v) is 8.84. The molecule has 0 amide bonds. The van der Waals surface area contributed by atoms with E-state index < -0.39 is 34.3 Å². The zero-order chi connectivity index (χ0) is 37.5. The first-order valence-corrected chi connectivity index (χ1v) is 16.1. The van der Waals surface area contributed by atoms with E-state index in [1.807, 2.05) is 0 Å². The summed E-state index contributed by atoms with van der Waals surface area (Å²) in [7, 11) is 0. The van der Waals surface area contributed by atoms with Gasteiger partial charge >= 0.3 is 12.4 Å². The summed E-state index contributed by atoms with van der Waals surface area (Å²) in [5, 5.41) is 19.3. The number of rotatable bonds is 2. The molecule has 0 unspecified atom stereocenters. The van der Waals surface area contributed by atoms with Crippen molar-refractivity contribution in [2.24, 2.45) is 0 Å². The molecule has 2 fully saturated rings. The SMILES string of the molecule is C#Cc1cc(C(F)(F)F)ccc1C1(C#N)CCC1.Clc1ccnc(Cl)n1.N#CC1(c2ccc(C(F)(F)F)cc2C#Cc2ccnc(Cl)n2)CCC1. The van der Waals surface area contributed by atoms with Crippen molar-refractivity contribution in [2.75, 3.05) is 0 Å². The predicted molar refractivity (Wildman–Crippen MR) is 178 cm³/mol. The number of hydrogen-bond donors (Lipinski definition) is 0. The van der Waals surface area contributed by atoms with Crippen LogP contribution in [0.5, 0.6) is 0 Å². The van der Waals surface area contributed by atoms with Crippen molar-refractivity contribution in [3.63, 3.8) is 0 Å². The fourth-order valence-corrected chi connectivity index (χ4v) is 5.77. The molecule has 0 N–H and O–H groups in total. The smallest absolute Gasteiger partial charge is 0.226 e. The predicted octanol–water partition coefficient (Wildman–Crippen LogP) is 9.91. The summed E-state index contributed by atoms with van der Waals surface area (Å²) in [6, 6.07) is 14.1. The fourth-order valence-electron chi connectivity index (χ4n) is 5.29. The Morgan fingerprint density at radius 3 is 1.49 bits per heavy atom. The van der Waals surface area contributed by atoms with Gasteiger partial charge < -0.3 is 0 Å². The van der Waals surface area contributed by atoms with Crippen molar-refractivity contribution in [2.45, 2.75) is 61.7 Å². The Labute approximate surface area is 304 Å². The molecule has 0 saturated heterocycles. The number of alkyl halides is 6. The van der Waals surface area contributed by atoms with E-state index in [2.05, 4.69) is 49.8 Å². The fraction of sp³-hybridized carbons (Fsp3) is 0.278. The van der Waals surface area contributed by atoms with Gasteiger partial charge in [-0.25, -0.2) is 19.9 Å². The monoisotopic (exact) mass is 758 g/mol. The molecule has 6 rings (SSSR count). The number of nitriles is 2. The van der Waals surface area contributed by atoms with E-state index in [0.29, 0.717) is 47.7 Å². The van der Waals surface area contributed by atoms with Crippen molar-refractivity contribution in [1.82, 2.24) is 19.9 Å². The molecule has 2 aromatic heterocycles. The highest BCUT2D eigenvalue weighted by atomic mass is 35.5. The van der Waals surface area contributed by atoms with Crippen LogP contribution < -0.4 is 0 Å². The second-order valence-corrected chi connectivity index (χ2v) is 12.4. The minimum absolute atomic E-state index is 0.00329. The van der Waals surface area contributed by atoms with Crippen molar-refractivity contribution < 1.29 is 26.3 Å².